The fourth-order valence-corrected chi connectivity index (χ4v) is 4.35. The summed E-state index contributed by atoms with van der Waals surface area (Å²) in [5.74, 6) is -0.296. The van der Waals surface area contributed by atoms with Gasteiger partial charge in [0.1, 0.15) is 0 Å². The predicted octanol–water partition coefficient (Wildman–Crippen LogP) is 4.89. The van der Waals surface area contributed by atoms with E-state index in [4.69, 9.17) is 0 Å². The van der Waals surface area contributed by atoms with Crippen molar-refractivity contribution in [1.82, 2.24) is 0 Å². The third kappa shape index (κ3) is 5.91. The zero-order chi connectivity index (χ0) is 24.9. The number of hydrogen-bond acceptors (Lipinski definition) is 4. The maximum atomic E-state index is 12.9. The first-order chi connectivity index (χ1) is 16.0. The van der Waals surface area contributed by atoms with E-state index in [0.717, 1.165) is 22.4 Å². The lowest BCUT2D eigenvalue weighted by Gasteiger charge is -2.25. The molecule has 0 atom stereocenters. The molecular formula is C27H30N2O4S. The molecule has 2 amide bonds. The minimum Gasteiger partial charge on any atom is -0.326 e. The standard InChI is InChI=1S/C27H30N2O4S/c1-5-34(32,33)23-16-10-20(11-17-23)18-25(30)28-22-14-12-21(13-15-22)27(3,4)26(31)29-24-9-7-6-8-19(24)2/h6-17H,5,18H2,1-4H3,(H,28,30)(H,29,31). The highest BCUT2D eigenvalue weighted by atomic mass is 32.2. The molecule has 0 aliphatic heterocycles. The second-order valence-corrected chi connectivity index (χ2v) is 11.0. The van der Waals surface area contributed by atoms with Gasteiger partial charge in [-0.2, -0.15) is 0 Å². The first-order valence-electron chi connectivity index (χ1n) is 11.1. The molecule has 3 rings (SSSR count). The van der Waals surface area contributed by atoms with Crippen molar-refractivity contribution in [2.75, 3.05) is 16.4 Å². The molecule has 0 bridgehead atoms. The van der Waals surface area contributed by atoms with E-state index in [9.17, 15) is 18.0 Å². The number of benzene rings is 3. The van der Waals surface area contributed by atoms with E-state index >= 15 is 0 Å². The Morgan fingerprint density at radius 1 is 0.853 bits per heavy atom. The van der Waals surface area contributed by atoms with Gasteiger partial charge in [-0.05, 0) is 67.8 Å². The molecule has 0 aliphatic carbocycles. The van der Waals surface area contributed by atoms with Gasteiger partial charge in [-0.3, -0.25) is 9.59 Å². The highest BCUT2D eigenvalue weighted by Gasteiger charge is 2.30. The fraction of sp³-hybridized carbons (Fsp3) is 0.259. The smallest absolute Gasteiger partial charge is 0.234 e. The van der Waals surface area contributed by atoms with Crippen molar-refractivity contribution in [2.45, 2.75) is 44.4 Å². The Kier molecular flexibility index (Phi) is 7.57. The van der Waals surface area contributed by atoms with E-state index in [1.165, 1.54) is 12.1 Å². The van der Waals surface area contributed by atoms with Crippen molar-refractivity contribution in [2.24, 2.45) is 0 Å². The lowest BCUT2D eigenvalue weighted by Crippen LogP contribution is -2.34. The predicted molar refractivity (Wildman–Crippen MR) is 136 cm³/mol. The third-order valence-electron chi connectivity index (χ3n) is 5.88. The average Bonchev–Trinajstić information content (AvgIpc) is 2.81. The molecule has 0 aromatic heterocycles. The summed E-state index contributed by atoms with van der Waals surface area (Å²) in [5, 5.41) is 5.84. The Balaban J connectivity index is 1.63. The van der Waals surface area contributed by atoms with Gasteiger partial charge in [-0.1, -0.05) is 49.4 Å². The Bertz CT molecular complexity index is 1280. The van der Waals surface area contributed by atoms with Crippen molar-refractivity contribution in [3.63, 3.8) is 0 Å². The number of anilines is 2. The van der Waals surface area contributed by atoms with E-state index in [2.05, 4.69) is 10.6 Å². The van der Waals surface area contributed by atoms with Crippen LogP contribution in [0.1, 0.15) is 37.5 Å². The molecule has 0 saturated carbocycles. The second kappa shape index (κ2) is 10.2. The van der Waals surface area contributed by atoms with Gasteiger partial charge in [0.2, 0.25) is 11.8 Å². The van der Waals surface area contributed by atoms with Gasteiger partial charge in [-0.25, -0.2) is 8.42 Å². The zero-order valence-corrected chi connectivity index (χ0v) is 20.7. The largest absolute Gasteiger partial charge is 0.326 e. The van der Waals surface area contributed by atoms with Crippen LogP contribution in [0.5, 0.6) is 0 Å². The van der Waals surface area contributed by atoms with Crippen LogP contribution in [0.4, 0.5) is 11.4 Å². The van der Waals surface area contributed by atoms with Crippen LogP contribution in [-0.4, -0.2) is 26.0 Å². The van der Waals surface area contributed by atoms with Crippen LogP contribution in [0.15, 0.2) is 77.7 Å². The van der Waals surface area contributed by atoms with Gasteiger partial charge < -0.3 is 10.6 Å². The van der Waals surface area contributed by atoms with Crippen molar-refractivity contribution < 1.29 is 18.0 Å². The van der Waals surface area contributed by atoms with Gasteiger partial charge in [0.25, 0.3) is 0 Å². The molecule has 6 nitrogen and oxygen atoms in total. The number of amides is 2. The molecular weight excluding hydrogens is 448 g/mol. The van der Waals surface area contributed by atoms with Crippen LogP contribution in [0.2, 0.25) is 0 Å². The van der Waals surface area contributed by atoms with Crippen molar-refractivity contribution in [3.8, 4) is 0 Å². The molecule has 0 fully saturated rings. The van der Waals surface area contributed by atoms with E-state index in [1.807, 2.05) is 57.2 Å². The summed E-state index contributed by atoms with van der Waals surface area (Å²) >= 11 is 0. The van der Waals surface area contributed by atoms with Crippen molar-refractivity contribution >= 4 is 33.0 Å². The number of carbonyl (C=O) groups is 2. The van der Waals surface area contributed by atoms with E-state index < -0.39 is 15.3 Å². The van der Waals surface area contributed by atoms with Crippen molar-refractivity contribution in [1.29, 1.82) is 0 Å². The van der Waals surface area contributed by atoms with Crippen molar-refractivity contribution in [3.05, 3.63) is 89.5 Å². The molecule has 0 radical (unpaired) electrons. The topological polar surface area (TPSA) is 92.3 Å². The minimum atomic E-state index is -3.26. The number of carbonyl (C=O) groups excluding carboxylic acids is 2. The quantitative estimate of drug-likeness (QED) is 0.482. The first kappa shape index (κ1) is 25.2. The van der Waals surface area contributed by atoms with Crippen LogP contribution in [-0.2, 0) is 31.3 Å². The van der Waals surface area contributed by atoms with Crippen LogP contribution in [0.25, 0.3) is 0 Å². The number of hydrogen-bond donors (Lipinski definition) is 2. The Morgan fingerprint density at radius 3 is 2.06 bits per heavy atom. The molecule has 3 aromatic carbocycles. The second-order valence-electron chi connectivity index (χ2n) is 8.74. The molecule has 0 aliphatic rings. The highest BCUT2D eigenvalue weighted by Crippen LogP contribution is 2.27. The van der Waals surface area contributed by atoms with Gasteiger partial charge in [0.05, 0.1) is 22.5 Å². The molecule has 3 aromatic rings. The number of nitrogens with one attached hydrogen (secondary N) is 2. The van der Waals surface area contributed by atoms with Gasteiger partial charge in [-0.15, -0.1) is 0 Å². The number of para-hydroxylation sites is 1. The Hall–Kier alpha value is -3.45. The summed E-state index contributed by atoms with van der Waals surface area (Å²) in [6.07, 6.45) is 0.124. The van der Waals surface area contributed by atoms with Crippen LogP contribution in [0, 0.1) is 6.92 Å². The maximum Gasteiger partial charge on any atom is 0.234 e. The normalized spacial score (nSPS) is 11.6. The Morgan fingerprint density at radius 2 is 1.47 bits per heavy atom. The molecule has 2 N–H and O–H groups in total. The number of rotatable bonds is 8. The first-order valence-corrected chi connectivity index (χ1v) is 12.8. The summed E-state index contributed by atoms with van der Waals surface area (Å²) < 4.78 is 23.8. The third-order valence-corrected chi connectivity index (χ3v) is 7.63. The van der Waals surface area contributed by atoms with Gasteiger partial charge in [0, 0.05) is 11.4 Å². The lowest BCUT2D eigenvalue weighted by molar-refractivity contribution is -0.120. The summed E-state index contributed by atoms with van der Waals surface area (Å²) in [4.78, 5) is 25.6. The summed E-state index contributed by atoms with van der Waals surface area (Å²) in [6, 6.07) is 21.2. The fourth-order valence-electron chi connectivity index (χ4n) is 3.46. The zero-order valence-electron chi connectivity index (χ0n) is 19.9. The van der Waals surface area contributed by atoms with E-state index in [1.54, 1.807) is 31.2 Å². The molecule has 34 heavy (non-hydrogen) atoms. The minimum absolute atomic E-state index is 0.0349. The van der Waals surface area contributed by atoms with Gasteiger partial charge >= 0.3 is 0 Å². The van der Waals surface area contributed by atoms with Gasteiger partial charge in [0.15, 0.2) is 9.84 Å². The molecule has 0 saturated heterocycles. The molecule has 178 valence electrons. The van der Waals surface area contributed by atoms with Crippen LogP contribution < -0.4 is 10.6 Å². The van der Waals surface area contributed by atoms with Crippen LogP contribution in [0.3, 0.4) is 0 Å². The highest BCUT2D eigenvalue weighted by molar-refractivity contribution is 7.91. The maximum absolute atomic E-state index is 12.9. The average molecular weight is 479 g/mol. The lowest BCUT2D eigenvalue weighted by atomic mass is 9.83. The van der Waals surface area contributed by atoms with E-state index in [0.29, 0.717) is 5.69 Å². The summed E-state index contributed by atoms with van der Waals surface area (Å²) in [6.45, 7) is 7.26. The molecule has 0 spiro atoms. The number of sulfone groups is 1. The molecule has 0 heterocycles. The molecule has 7 heteroatoms. The Labute approximate surface area is 201 Å². The monoisotopic (exact) mass is 478 g/mol. The number of aryl methyl sites for hydroxylation is 1. The van der Waals surface area contributed by atoms with E-state index in [-0.39, 0.29) is 28.9 Å². The molecule has 0 unspecified atom stereocenters. The SMILES string of the molecule is CCS(=O)(=O)c1ccc(CC(=O)Nc2ccc(C(C)(C)C(=O)Nc3ccccc3C)cc2)cc1. The summed E-state index contributed by atoms with van der Waals surface area (Å²) in [7, 11) is -3.26. The van der Waals surface area contributed by atoms with Crippen LogP contribution >= 0.6 is 0 Å². The summed E-state index contributed by atoms with van der Waals surface area (Å²) in [5.41, 5.74) is 3.17.